The Morgan fingerprint density at radius 3 is 2.72 bits per heavy atom. The molecule has 0 aliphatic carbocycles. The molecule has 1 saturated heterocycles. The molecule has 2 aromatic heterocycles. The second kappa shape index (κ2) is 9.19. The minimum Gasteiger partial charge on any atom is -0.379 e. The van der Waals surface area contributed by atoms with Gasteiger partial charge in [-0.25, -0.2) is 4.79 Å². The smallest absolute Gasteiger partial charge is 0.314 e. The minimum atomic E-state index is -0.144. The fourth-order valence-electron chi connectivity index (χ4n) is 2.99. The van der Waals surface area contributed by atoms with Crippen molar-refractivity contribution in [2.24, 2.45) is 0 Å². The van der Waals surface area contributed by atoms with Gasteiger partial charge in [0.05, 0.1) is 19.3 Å². The highest BCUT2D eigenvalue weighted by atomic mass is 16.5. The van der Waals surface area contributed by atoms with Gasteiger partial charge in [0.25, 0.3) is 0 Å². The van der Waals surface area contributed by atoms with E-state index < -0.39 is 0 Å². The number of hydrogen-bond donors (Lipinski definition) is 2. The van der Waals surface area contributed by atoms with Crippen LogP contribution in [0.3, 0.4) is 0 Å². The molecule has 0 unspecified atom stereocenters. The first-order valence-corrected chi connectivity index (χ1v) is 8.67. The molecule has 0 spiro atoms. The van der Waals surface area contributed by atoms with E-state index in [2.05, 4.69) is 26.6 Å². The summed E-state index contributed by atoms with van der Waals surface area (Å²) in [5.41, 5.74) is 1.11. The number of urea groups is 1. The number of amides is 2. The zero-order valence-electron chi connectivity index (χ0n) is 14.3. The Morgan fingerprint density at radius 1 is 1.20 bits per heavy atom. The number of carbonyl (C=O) groups excluding carboxylic acids is 1. The van der Waals surface area contributed by atoms with Crippen LogP contribution in [-0.4, -0.2) is 59.9 Å². The lowest BCUT2D eigenvalue weighted by atomic mass is 10.1. The van der Waals surface area contributed by atoms with E-state index in [-0.39, 0.29) is 12.1 Å². The van der Waals surface area contributed by atoms with Crippen LogP contribution in [-0.2, 0) is 11.3 Å². The SMILES string of the molecule is O=C(NCCn1cccc1)NC[C@H](c1cccnc1)N1CCOCC1. The van der Waals surface area contributed by atoms with Crippen LogP contribution in [0.2, 0.25) is 0 Å². The van der Waals surface area contributed by atoms with Crippen LogP contribution in [0.25, 0.3) is 0 Å². The Balaban J connectivity index is 1.50. The van der Waals surface area contributed by atoms with Gasteiger partial charge in [-0.2, -0.15) is 0 Å². The lowest BCUT2D eigenvalue weighted by Gasteiger charge is -2.34. The highest BCUT2D eigenvalue weighted by Crippen LogP contribution is 2.20. The second-order valence-corrected chi connectivity index (χ2v) is 6.01. The Hall–Kier alpha value is -2.38. The van der Waals surface area contributed by atoms with Gasteiger partial charge in [-0.1, -0.05) is 6.07 Å². The number of nitrogens with zero attached hydrogens (tertiary/aromatic N) is 3. The number of aromatic nitrogens is 2. The highest BCUT2D eigenvalue weighted by Gasteiger charge is 2.23. The van der Waals surface area contributed by atoms with Crippen LogP contribution in [0.15, 0.2) is 49.1 Å². The predicted octanol–water partition coefficient (Wildman–Crippen LogP) is 1.26. The zero-order valence-corrected chi connectivity index (χ0v) is 14.3. The number of ether oxygens (including phenoxy) is 1. The summed E-state index contributed by atoms with van der Waals surface area (Å²) < 4.78 is 7.47. The van der Waals surface area contributed by atoms with Crippen molar-refractivity contribution < 1.29 is 9.53 Å². The number of carbonyl (C=O) groups is 1. The summed E-state index contributed by atoms with van der Waals surface area (Å²) in [6, 6.07) is 7.89. The normalized spacial score (nSPS) is 16.3. The standard InChI is InChI=1S/C18H25N5O2/c24-18(20-6-9-22-7-1-2-8-22)21-15-17(16-4-3-5-19-14-16)23-10-12-25-13-11-23/h1-5,7-8,14,17H,6,9-13,15H2,(H2,20,21,24)/t17-/m1/s1. The van der Waals surface area contributed by atoms with Crippen molar-refractivity contribution in [3.63, 3.8) is 0 Å². The molecule has 0 radical (unpaired) electrons. The third kappa shape index (κ3) is 5.30. The molecule has 3 rings (SSSR count). The Labute approximate surface area is 148 Å². The van der Waals surface area contributed by atoms with Gasteiger partial charge in [0, 0.05) is 57.5 Å². The van der Waals surface area contributed by atoms with Crippen molar-refractivity contribution in [2.75, 3.05) is 39.4 Å². The van der Waals surface area contributed by atoms with E-state index in [0.717, 1.165) is 38.4 Å². The average molecular weight is 343 g/mol. The zero-order chi connectivity index (χ0) is 17.3. The maximum atomic E-state index is 12.1. The first-order chi connectivity index (χ1) is 12.3. The lowest BCUT2D eigenvalue weighted by molar-refractivity contribution is 0.0166. The van der Waals surface area contributed by atoms with Crippen LogP contribution in [0, 0.1) is 0 Å². The summed E-state index contributed by atoms with van der Waals surface area (Å²) >= 11 is 0. The Kier molecular flexibility index (Phi) is 6.42. The van der Waals surface area contributed by atoms with Gasteiger partial charge in [-0.15, -0.1) is 0 Å². The van der Waals surface area contributed by atoms with Crippen LogP contribution >= 0.6 is 0 Å². The molecule has 2 N–H and O–H groups in total. The van der Waals surface area contributed by atoms with Gasteiger partial charge in [0.2, 0.25) is 0 Å². The quantitative estimate of drug-likeness (QED) is 0.794. The monoisotopic (exact) mass is 343 g/mol. The topological polar surface area (TPSA) is 71.4 Å². The third-order valence-electron chi connectivity index (χ3n) is 4.33. The van der Waals surface area contributed by atoms with Crippen molar-refractivity contribution in [3.05, 3.63) is 54.6 Å². The fourth-order valence-corrected chi connectivity index (χ4v) is 2.99. The average Bonchev–Trinajstić information content (AvgIpc) is 3.17. The summed E-state index contributed by atoms with van der Waals surface area (Å²) in [6.45, 7) is 5.05. The van der Waals surface area contributed by atoms with Crippen molar-refractivity contribution in [3.8, 4) is 0 Å². The van der Waals surface area contributed by atoms with Crippen LogP contribution in [0.1, 0.15) is 11.6 Å². The van der Waals surface area contributed by atoms with E-state index in [0.29, 0.717) is 13.1 Å². The Bertz CT molecular complexity index is 626. The molecule has 7 heteroatoms. The largest absolute Gasteiger partial charge is 0.379 e. The molecule has 7 nitrogen and oxygen atoms in total. The summed E-state index contributed by atoms with van der Waals surface area (Å²) in [5, 5.41) is 5.89. The summed E-state index contributed by atoms with van der Waals surface area (Å²) in [4.78, 5) is 18.7. The van der Waals surface area contributed by atoms with Crippen molar-refractivity contribution in [1.29, 1.82) is 0 Å². The van der Waals surface area contributed by atoms with E-state index in [4.69, 9.17) is 4.74 Å². The number of rotatable bonds is 7. The first kappa shape index (κ1) is 17.4. The fraction of sp³-hybridized carbons (Fsp3) is 0.444. The second-order valence-electron chi connectivity index (χ2n) is 6.01. The number of pyridine rings is 1. The molecule has 0 aromatic carbocycles. The minimum absolute atomic E-state index is 0.104. The number of nitrogens with one attached hydrogen (secondary N) is 2. The van der Waals surface area contributed by atoms with Crippen LogP contribution < -0.4 is 10.6 Å². The highest BCUT2D eigenvalue weighted by molar-refractivity contribution is 5.73. The molecular formula is C18H25N5O2. The van der Waals surface area contributed by atoms with E-state index in [1.807, 2.05) is 41.4 Å². The molecule has 1 atom stereocenters. The van der Waals surface area contributed by atoms with Gasteiger partial charge < -0.3 is 19.9 Å². The molecular weight excluding hydrogens is 318 g/mol. The molecule has 1 fully saturated rings. The summed E-state index contributed by atoms with van der Waals surface area (Å²) in [6.07, 6.45) is 7.60. The number of morpholine rings is 1. The van der Waals surface area contributed by atoms with E-state index >= 15 is 0 Å². The molecule has 25 heavy (non-hydrogen) atoms. The lowest BCUT2D eigenvalue weighted by Crippen LogP contribution is -2.46. The van der Waals surface area contributed by atoms with Gasteiger partial charge in [0.1, 0.15) is 0 Å². The Morgan fingerprint density at radius 2 is 2.00 bits per heavy atom. The molecule has 2 amide bonds. The molecule has 1 aliphatic heterocycles. The molecule has 0 bridgehead atoms. The molecule has 1 aliphatic rings. The maximum absolute atomic E-state index is 12.1. The molecule has 2 aromatic rings. The first-order valence-electron chi connectivity index (χ1n) is 8.67. The number of hydrogen-bond acceptors (Lipinski definition) is 4. The summed E-state index contributed by atoms with van der Waals surface area (Å²) in [7, 11) is 0. The van der Waals surface area contributed by atoms with Gasteiger partial charge in [-0.05, 0) is 23.8 Å². The third-order valence-corrected chi connectivity index (χ3v) is 4.33. The predicted molar refractivity (Wildman–Crippen MR) is 95.2 cm³/mol. The maximum Gasteiger partial charge on any atom is 0.314 e. The van der Waals surface area contributed by atoms with Crippen molar-refractivity contribution >= 4 is 6.03 Å². The van der Waals surface area contributed by atoms with Crippen LogP contribution in [0.5, 0.6) is 0 Å². The van der Waals surface area contributed by atoms with Gasteiger partial charge in [0.15, 0.2) is 0 Å². The van der Waals surface area contributed by atoms with Crippen molar-refractivity contribution in [1.82, 2.24) is 25.1 Å². The van der Waals surface area contributed by atoms with Crippen LogP contribution in [0.4, 0.5) is 4.79 Å². The van der Waals surface area contributed by atoms with E-state index in [9.17, 15) is 4.79 Å². The van der Waals surface area contributed by atoms with Gasteiger partial charge in [-0.3, -0.25) is 9.88 Å². The van der Waals surface area contributed by atoms with E-state index in [1.54, 1.807) is 6.20 Å². The molecule has 134 valence electrons. The molecule has 3 heterocycles. The van der Waals surface area contributed by atoms with Crippen molar-refractivity contribution in [2.45, 2.75) is 12.6 Å². The van der Waals surface area contributed by atoms with E-state index in [1.165, 1.54) is 0 Å². The molecule has 0 saturated carbocycles. The summed E-state index contributed by atoms with van der Waals surface area (Å²) in [5.74, 6) is 0. The van der Waals surface area contributed by atoms with Gasteiger partial charge >= 0.3 is 6.03 Å².